The van der Waals surface area contributed by atoms with Crippen molar-refractivity contribution in [2.75, 3.05) is 0 Å². The Bertz CT molecular complexity index is 1180. The first-order valence-corrected chi connectivity index (χ1v) is 10.8. The minimum atomic E-state index is -9.35. The van der Waals surface area contributed by atoms with Crippen molar-refractivity contribution < 1.29 is 132 Å². The van der Waals surface area contributed by atoms with Crippen LogP contribution in [0.2, 0.25) is 0 Å². The van der Waals surface area contributed by atoms with Crippen LogP contribution in [0, 0.1) is 0 Å². The number of halogens is 31. The van der Waals surface area contributed by atoms with E-state index in [1.54, 1.807) is 0 Å². The van der Waals surface area contributed by atoms with Crippen LogP contribution in [0.5, 0.6) is 0 Å². The molecule has 0 aliphatic rings. The van der Waals surface area contributed by atoms with E-state index in [1.807, 2.05) is 0 Å². The van der Waals surface area contributed by atoms with Gasteiger partial charge in [-0.1, -0.05) is 0 Å². The maximum Gasteiger partial charge on any atom is 0.460 e. The normalized spacial score (nSPS) is 17.4. The van der Waals surface area contributed by atoms with Crippen LogP contribution >= 0.6 is 22.6 Å². The quantitative estimate of drug-likeness (QED) is 0.135. The molecule has 0 aromatic rings. The zero-order valence-electron chi connectivity index (χ0n) is 19.8. The Morgan fingerprint density at radius 1 is 0.277 bits per heavy atom. The van der Waals surface area contributed by atoms with Crippen molar-refractivity contribution in [2.24, 2.45) is 0 Å². The third kappa shape index (κ3) is 5.78. The predicted octanol–water partition coefficient (Wildman–Crippen LogP) is 11.1. The third-order valence-corrected chi connectivity index (χ3v) is 6.28. The van der Waals surface area contributed by atoms with Crippen LogP contribution in [0.15, 0.2) is 9.66 Å². The average molecular weight is 890 g/mol. The highest BCUT2D eigenvalue weighted by atomic mass is 127. The predicted molar refractivity (Wildman–Crippen MR) is 93.6 cm³/mol. The molecule has 0 aliphatic heterocycles. The molecule has 0 aliphatic carbocycles. The molecule has 0 nitrogen and oxygen atoms in total. The van der Waals surface area contributed by atoms with Gasteiger partial charge < -0.3 is 0 Å². The summed E-state index contributed by atoms with van der Waals surface area (Å²) in [5.41, 5.74) is 0. The van der Waals surface area contributed by atoms with Crippen LogP contribution in [-0.4, -0.2) is 83.4 Å². The van der Waals surface area contributed by atoms with Crippen molar-refractivity contribution in [3.63, 3.8) is 0 Å². The second-order valence-electron chi connectivity index (χ2n) is 8.43. The SMILES string of the molecule is FC(F)(F)C(F)(F)C(F)(F)C(F)(F)C(F)(F)C(F)(F)C=C(I)C(F)(F)C(F)(F)C(F)(F)C(F)(F)C(F)(F)C(F)(F)C(F)(F)C(F)(F)F. The Balaban J connectivity index is 7.35. The van der Waals surface area contributed by atoms with Gasteiger partial charge in [-0.3, -0.25) is 0 Å². The molecule has 47 heavy (non-hydrogen) atoms. The van der Waals surface area contributed by atoms with E-state index in [-0.39, 0.29) is 0 Å². The Morgan fingerprint density at radius 3 is 0.702 bits per heavy atom. The van der Waals surface area contributed by atoms with Crippen molar-refractivity contribution in [3.05, 3.63) is 9.66 Å². The molecule has 0 N–H and O–H groups in total. The molecule has 0 aromatic carbocycles. The van der Waals surface area contributed by atoms with E-state index in [9.17, 15) is 132 Å². The second-order valence-corrected chi connectivity index (χ2v) is 9.59. The molecule has 0 aromatic heterocycles. The Kier molecular flexibility index (Phi) is 10.8. The van der Waals surface area contributed by atoms with Crippen LogP contribution < -0.4 is 0 Å². The third-order valence-electron chi connectivity index (χ3n) is 5.29. The highest BCUT2D eigenvalue weighted by molar-refractivity contribution is 14.1. The lowest BCUT2D eigenvalue weighted by atomic mass is 9.88. The standard InChI is InChI=1S/C16HF30I/c17-3(18,5(21,22)7(25,26)11(33,34)13(37,38)15(41,42)43)1-2(47)4(19,20)6(23,24)8(27,28)9(29,30)10(31,32)12(35,36)14(39,40)16(44,45)46/h1H. The van der Waals surface area contributed by atoms with Gasteiger partial charge in [0.25, 0.3) is 0 Å². The van der Waals surface area contributed by atoms with Gasteiger partial charge in [-0.15, -0.1) is 0 Å². The first-order valence-electron chi connectivity index (χ1n) is 9.69. The Hall–Kier alpha value is -1.63. The van der Waals surface area contributed by atoms with E-state index in [0.717, 1.165) is 0 Å². The van der Waals surface area contributed by atoms with Crippen molar-refractivity contribution in [1.29, 1.82) is 0 Å². The van der Waals surface area contributed by atoms with Gasteiger partial charge in [-0.2, -0.15) is 132 Å². The van der Waals surface area contributed by atoms with Gasteiger partial charge in [0.2, 0.25) is 0 Å². The molecule has 0 spiro atoms. The van der Waals surface area contributed by atoms with Crippen LogP contribution in [0.25, 0.3) is 0 Å². The fraction of sp³-hybridized carbons (Fsp3) is 0.875. The minimum absolute atomic E-state index is 1.24. The molecule has 0 radical (unpaired) electrons. The van der Waals surface area contributed by atoms with Gasteiger partial charge in [0.1, 0.15) is 0 Å². The van der Waals surface area contributed by atoms with E-state index in [4.69, 9.17) is 0 Å². The summed E-state index contributed by atoms with van der Waals surface area (Å²) in [5, 5.41) is 0. The summed E-state index contributed by atoms with van der Waals surface area (Å²) >= 11 is -1.24. The maximum atomic E-state index is 13.9. The lowest BCUT2D eigenvalue weighted by molar-refractivity contribution is -0.459. The molecule has 0 bridgehead atoms. The van der Waals surface area contributed by atoms with Gasteiger partial charge in [0.15, 0.2) is 0 Å². The maximum absolute atomic E-state index is 13.9. The number of alkyl halides is 30. The van der Waals surface area contributed by atoms with Gasteiger partial charge in [-0.25, -0.2) is 0 Å². The van der Waals surface area contributed by atoms with Crippen LogP contribution in [0.1, 0.15) is 0 Å². The topological polar surface area (TPSA) is 0 Å². The Morgan fingerprint density at radius 2 is 0.468 bits per heavy atom. The summed E-state index contributed by atoms with van der Waals surface area (Å²) in [6.07, 6.45) is -19.4. The number of hydrogen-bond acceptors (Lipinski definition) is 0. The van der Waals surface area contributed by atoms with Crippen molar-refractivity contribution in [3.8, 4) is 0 Å². The monoisotopic (exact) mass is 890 g/mol. The Labute approximate surface area is 248 Å². The van der Waals surface area contributed by atoms with E-state index < -0.39 is 116 Å². The summed E-state index contributed by atoms with van der Waals surface area (Å²) in [5.74, 6) is -106. The highest BCUT2D eigenvalue weighted by Crippen LogP contribution is 2.66. The molecule has 0 unspecified atom stereocenters. The molecule has 0 saturated heterocycles. The van der Waals surface area contributed by atoms with Crippen LogP contribution in [0.3, 0.4) is 0 Å². The molecule has 31 heteroatoms. The number of rotatable bonds is 12. The summed E-state index contributed by atoms with van der Waals surface area (Å²) in [6, 6.07) is 0. The molecule has 0 amide bonds. The first kappa shape index (κ1) is 45.4. The molecule has 0 heterocycles. The number of allylic oxidation sites excluding steroid dienone is 2. The number of hydrogen-bond donors (Lipinski definition) is 0. The molecule has 0 fully saturated rings. The van der Waals surface area contributed by atoms with Crippen LogP contribution in [0.4, 0.5) is 132 Å². The highest BCUT2D eigenvalue weighted by Gasteiger charge is 2.96. The first-order chi connectivity index (χ1) is 19.6. The van der Waals surface area contributed by atoms with Gasteiger partial charge >= 0.3 is 83.4 Å². The molecule has 282 valence electrons. The largest absolute Gasteiger partial charge is 0.460 e. The molecule has 0 rings (SSSR count). The lowest BCUT2D eigenvalue weighted by Gasteiger charge is -2.43. The summed E-state index contributed by atoms with van der Waals surface area (Å²) in [7, 11) is 0. The zero-order chi connectivity index (χ0) is 39.3. The van der Waals surface area contributed by atoms with Gasteiger partial charge in [0, 0.05) is 6.08 Å². The van der Waals surface area contributed by atoms with Crippen LogP contribution in [-0.2, 0) is 0 Å². The minimum Gasteiger partial charge on any atom is -0.195 e. The van der Waals surface area contributed by atoms with E-state index in [1.165, 1.54) is 0 Å². The fourth-order valence-electron chi connectivity index (χ4n) is 2.44. The average Bonchev–Trinajstić information content (AvgIpc) is 2.80. The molecular formula is C16HF30I. The fourth-order valence-corrected chi connectivity index (χ4v) is 3.17. The molecular weight excluding hydrogens is 889 g/mol. The summed E-state index contributed by atoms with van der Waals surface area (Å²) < 4.78 is 390. The van der Waals surface area contributed by atoms with Crippen molar-refractivity contribution in [1.82, 2.24) is 0 Å². The molecule has 0 saturated carbocycles. The zero-order valence-corrected chi connectivity index (χ0v) is 22.0. The van der Waals surface area contributed by atoms with E-state index in [0.29, 0.717) is 0 Å². The second kappa shape index (κ2) is 11.2. The lowest BCUT2D eigenvalue weighted by Crippen LogP contribution is -2.74. The summed E-state index contributed by atoms with van der Waals surface area (Å²) in [4.78, 5) is 0. The van der Waals surface area contributed by atoms with Gasteiger partial charge in [0.05, 0.1) is 3.58 Å². The smallest absolute Gasteiger partial charge is 0.195 e. The van der Waals surface area contributed by atoms with Crippen molar-refractivity contribution >= 4 is 22.6 Å². The van der Waals surface area contributed by atoms with E-state index >= 15 is 0 Å². The van der Waals surface area contributed by atoms with Gasteiger partial charge in [-0.05, 0) is 22.6 Å². The molecule has 0 atom stereocenters. The summed E-state index contributed by atoms with van der Waals surface area (Å²) in [6.45, 7) is 0. The van der Waals surface area contributed by atoms with Crippen molar-refractivity contribution in [2.45, 2.75) is 83.4 Å². The van der Waals surface area contributed by atoms with E-state index in [2.05, 4.69) is 0 Å².